The minimum absolute atomic E-state index is 0.0865. The summed E-state index contributed by atoms with van der Waals surface area (Å²) in [7, 11) is 3.32. The van der Waals surface area contributed by atoms with Gasteiger partial charge in [-0.3, -0.25) is 0 Å². The molecule has 1 heterocycles. The van der Waals surface area contributed by atoms with Crippen molar-refractivity contribution < 1.29 is 19.3 Å². The van der Waals surface area contributed by atoms with E-state index in [4.69, 9.17) is 14.2 Å². The molecule has 1 saturated heterocycles. The maximum Gasteiger partial charge on any atom is 0.134 e. The van der Waals surface area contributed by atoms with Gasteiger partial charge in [0.25, 0.3) is 0 Å². The molecule has 0 bridgehead atoms. The van der Waals surface area contributed by atoms with E-state index >= 15 is 0 Å². The molecule has 1 fully saturated rings. The standard InChI is InChI=1S/C26H29NO4/c1-29-23-12-8-19(9-13-23)18-31-26(20-6-4-3-5-7-20,25-16-22(28)17-27-25)21-10-14-24(30-2)15-11-21/h3-15,22,25,27-28H,16-18H2,1-2H3. The molecule has 5 heteroatoms. The lowest BCUT2D eigenvalue weighted by Crippen LogP contribution is -2.48. The van der Waals surface area contributed by atoms with Crippen LogP contribution in [0.15, 0.2) is 78.9 Å². The average molecular weight is 420 g/mol. The van der Waals surface area contributed by atoms with E-state index in [1.54, 1.807) is 14.2 Å². The predicted octanol–water partition coefficient (Wildman–Crippen LogP) is 3.89. The second-order valence-electron chi connectivity index (χ2n) is 7.82. The highest BCUT2D eigenvalue weighted by Gasteiger charge is 2.46. The molecule has 3 atom stereocenters. The van der Waals surface area contributed by atoms with Gasteiger partial charge in [0.15, 0.2) is 0 Å². The number of aliphatic hydroxyl groups excluding tert-OH is 1. The van der Waals surface area contributed by atoms with Crippen LogP contribution in [0.4, 0.5) is 0 Å². The Morgan fingerprint density at radius 3 is 1.97 bits per heavy atom. The molecule has 3 aromatic carbocycles. The smallest absolute Gasteiger partial charge is 0.134 e. The molecule has 0 aromatic heterocycles. The van der Waals surface area contributed by atoms with Gasteiger partial charge in [0.2, 0.25) is 0 Å². The van der Waals surface area contributed by atoms with Crippen LogP contribution in [0.25, 0.3) is 0 Å². The molecule has 2 N–H and O–H groups in total. The van der Waals surface area contributed by atoms with Gasteiger partial charge < -0.3 is 24.6 Å². The van der Waals surface area contributed by atoms with Crippen molar-refractivity contribution in [1.29, 1.82) is 0 Å². The summed E-state index contributed by atoms with van der Waals surface area (Å²) in [5.41, 5.74) is 2.33. The van der Waals surface area contributed by atoms with Crippen LogP contribution in [0.5, 0.6) is 11.5 Å². The summed E-state index contributed by atoms with van der Waals surface area (Å²) in [4.78, 5) is 0. The van der Waals surface area contributed by atoms with Crippen molar-refractivity contribution in [3.63, 3.8) is 0 Å². The highest BCUT2D eigenvalue weighted by Crippen LogP contribution is 2.41. The van der Waals surface area contributed by atoms with Crippen molar-refractivity contribution in [3.8, 4) is 11.5 Å². The van der Waals surface area contributed by atoms with Gasteiger partial charge >= 0.3 is 0 Å². The molecule has 1 aliphatic heterocycles. The Bertz CT molecular complexity index is 959. The first kappa shape index (κ1) is 21.4. The Morgan fingerprint density at radius 2 is 1.42 bits per heavy atom. The number of aliphatic hydroxyl groups is 1. The minimum Gasteiger partial charge on any atom is -0.497 e. The van der Waals surface area contributed by atoms with Gasteiger partial charge in [-0.25, -0.2) is 0 Å². The van der Waals surface area contributed by atoms with Crippen LogP contribution in [0.3, 0.4) is 0 Å². The Balaban J connectivity index is 1.77. The van der Waals surface area contributed by atoms with Crippen LogP contribution < -0.4 is 14.8 Å². The van der Waals surface area contributed by atoms with Crippen LogP contribution in [0, 0.1) is 0 Å². The highest BCUT2D eigenvalue weighted by molar-refractivity contribution is 5.42. The summed E-state index contributed by atoms with van der Waals surface area (Å²) in [6.07, 6.45) is 0.194. The van der Waals surface area contributed by atoms with E-state index in [1.807, 2.05) is 66.7 Å². The lowest BCUT2D eigenvalue weighted by molar-refractivity contribution is -0.0551. The molecule has 0 spiro atoms. The van der Waals surface area contributed by atoms with E-state index in [-0.39, 0.29) is 6.04 Å². The Kier molecular flexibility index (Phi) is 6.56. The molecule has 0 amide bonds. The normalized spacial score (nSPS) is 20.2. The van der Waals surface area contributed by atoms with Gasteiger partial charge in [0.1, 0.15) is 17.1 Å². The first-order chi connectivity index (χ1) is 15.2. The van der Waals surface area contributed by atoms with E-state index in [0.29, 0.717) is 19.6 Å². The van der Waals surface area contributed by atoms with E-state index in [2.05, 4.69) is 17.4 Å². The second-order valence-corrected chi connectivity index (χ2v) is 7.82. The van der Waals surface area contributed by atoms with Crippen LogP contribution in [-0.2, 0) is 16.9 Å². The molecule has 4 rings (SSSR count). The van der Waals surface area contributed by atoms with Crippen molar-refractivity contribution in [3.05, 3.63) is 95.6 Å². The van der Waals surface area contributed by atoms with Gasteiger partial charge in [-0.2, -0.15) is 0 Å². The Morgan fingerprint density at radius 1 is 0.839 bits per heavy atom. The average Bonchev–Trinajstić information content (AvgIpc) is 3.27. The molecule has 0 radical (unpaired) electrons. The van der Waals surface area contributed by atoms with Crippen LogP contribution >= 0.6 is 0 Å². The maximum absolute atomic E-state index is 10.3. The molecular formula is C26H29NO4. The number of nitrogens with one attached hydrogen (secondary N) is 1. The molecular weight excluding hydrogens is 390 g/mol. The summed E-state index contributed by atoms with van der Waals surface area (Å²) in [5, 5.41) is 13.8. The molecule has 0 aliphatic carbocycles. The van der Waals surface area contributed by atoms with Crippen molar-refractivity contribution in [2.45, 2.75) is 30.8 Å². The number of hydrogen-bond donors (Lipinski definition) is 2. The van der Waals surface area contributed by atoms with E-state index in [9.17, 15) is 5.11 Å². The lowest BCUT2D eigenvalue weighted by Gasteiger charge is -2.40. The third-order valence-corrected chi connectivity index (χ3v) is 5.95. The topological polar surface area (TPSA) is 60.0 Å². The molecule has 3 unspecified atom stereocenters. The zero-order valence-electron chi connectivity index (χ0n) is 18.0. The number of methoxy groups -OCH3 is 2. The van der Waals surface area contributed by atoms with Crippen molar-refractivity contribution in [2.75, 3.05) is 20.8 Å². The van der Waals surface area contributed by atoms with Gasteiger partial charge in [-0.1, -0.05) is 54.6 Å². The zero-order chi connectivity index (χ0) is 21.7. The minimum atomic E-state index is -0.773. The Hall–Kier alpha value is -2.86. The van der Waals surface area contributed by atoms with Crippen molar-refractivity contribution in [1.82, 2.24) is 5.32 Å². The molecule has 5 nitrogen and oxygen atoms in total. The fourth-order valence-electron chi connectivity index (χ4n) is 4.31. The van der Waals surface area contributed by atoms with Gasteiger partial charge in [0, 0.05) is 12.6 Å². The SMILES string of the molecule is COc1ccc(COC(c2ccccc2)(c2ccc(OC)cc2)C2CC(O)CN2)cc1. The second kappa shape index (κ2) is 9.52. The molecule has 0 saturated carbocycles. The van der Waals surface area contributed by atoms with E-state index in [1.165, 1.54) is 0 Å². The quantitative estimate of drug-likeness (QED) is 0.580. The monoisotopic (exact) mass is 419 g/mol. The number of benzene rings is 3. The fourth-order valence-corrected chi connectivity index (χ4v) is 4.31. The number of rotatable bonds is 8. The van der Waals surface area contributed by atoms with E-state index in [0.717, 1.165) is 28.2 Å². The third-order valence-electron chi connectivity index (χ3n) is 5.95. The molecule has 31 heavy (non-hydrogen) atoms. The van der Waals surface area contributed by atoms with Crippen LogP contribution in [0.2, 0.25) is 0 Å². The highest BCUT2D eigenvalue weighted by atomic mass is 16.5. The lowest BCUT2D eigenvalue weighted by atomic mass is 9.79. The summed E-state index contributed by atoms with van der Waals surface area (Å²) in [6.45, 7) is 0.959. The van der Waals surface area contributed by atoms with Gasteiger partial charge in [-0.05, 0) is 47.4 Å². The first-order valence-electron chi connectivity index (χ1n) is 10.5. The zero-order valence-corrected chi connectivity index (χ0v) is 18.0. The first-order valence-corrected chi connectivity index (χ1v) is 10.5. The summed E-state index contributed by atoms with van der Waals surface area (Å²) >= 11 is 0. The number of hydrogen-bond acceptors (Lipinski definition) is 5. The van der Waals surface area contributed by atoms with Crippen molar-refractivity contribution in [2.24, 2.45) is 0 Å². The Labute approximate surface area is 183 Å². The third kappa shape index (κ3) is 4.44. The number of β-amino-alcohol motifs (C(OH)–C–C–N with tert-alkyl or cyclic N) is 1. The fraction of sp³-hybridized carbons (Fsp3) is 0.308. The van der Waals surface area contributed by atoms with Crippen LogP contribution in [-0.4, -0.2) is 38.0 Å². The van der Waals surface area contributed by atoms with E-state index < -0.39 is 11.7 Å². The largest absolute Gasteiger partial charge is 0.497 e. The van der Waals surface area contributed by atoms with Crippen molar-refractivity contribution >= 4 is 0 Å². The summed E-state index contributed by atoms with van der Waals surface area (Å²) < 4.78 is 17.5. The summed E-state index contributed by atoms with van der Waals surface area (Å²) in [5.74, 6) is 1.61. The maximum atomic E-state index is 10.3. The van der Waals surface area contributed by atoms with Gasteiger partial charge in [0.05, 0.1) is 26.9 Å². The molecule has 1 aliphatic rings. The molecule has 162 valence electrons. The molecule has 3 aromatic rings. The number of ether oxygens (including phenoxy) is 3. The predicted molar refractivity (Wildman–Crippen MR) is 120 cm³/mol. The van der Waals surface area contributed by atoms with Gasteiger partial charge in [-0.15, -0.1) is 0 Å². The van der Waals surface area contributed by atoms with Crippen LogP contribution in [0.1, 0.15) is 23.1 Å². The summed E-state index contributed by atoms with van der Waals surface area (Å²) in [6, 6.07) is 26.0.